The van der Waals surface area contributed by atoms with Crippen molar-refractivity contribution in [1.29, 1.82) is 0 Å². The topological polar surface area (TPSA) is 84.6 Å². The largest absolute Gasteiger partial charge is 0.490 e. The Morgan fingerprint density at radius 2 is 2.24 bits per heavy atom. The predicted molar refractivity (Wildman–Crippen MR) is 84.0 cm³/mol. The number of halogens is 1. The summed E-state index contributed by atoms with van der Waals surface area (Å²) in [6.07, 6.45) is 1.97. The number of hydrogen-bond acceptors (Lipinski definition) is 4. The van der Waals surface area contributed by atoms with E-state index in [0.717, 1.165) is 23.7 Å². The van der Waals surface area contributed by atoms with Crippen LogP contribution in [0.2, 0.25) is 0 Å². The highest BCUT2D eigenvalue weighted by atomic mass is 79.9. The van der Waals surface area contributed by atoms with Gasteiger partial charge in [0.2, 0.25) is 5.91 Å². The minimum atomic E-state index is -0.751. The van der Waals surface area contributed by atoms with E-state index in [1.165, 1.54) is 0 Å². The van der Waals surface area contributed by atoms with Gasteiger partial charge in [-0.15, -0.1) is 0 Å². The smallest absolute Gasteiger partial charge is 0.224 e. The molecule has 1 amide bonds. The van der Waals surface area contributed by atoms with E-state index >= 15 is 0 Å². The van der Waals surface area contributed by atoms with Gasteiger partial charge >= 0.3 is 0 Å². The van der Waals surface area contributed by atoms with Crippen molar-refractivity contribution < 1.29 is 14.6 Å². The van der Waals surface area contributed by atoms with Gasteiger partial charge in [-0.05, 0) is 40.9 Å². The maximum atomic E-state index is 11.9. The van der Waals surface area contributed by atoms with Crippen molar-refractivity contribution in [2.75, 3.05) is 13.2 Å². The van der Waals surface area contributed by atoms with Crippen molar-refractivity contribution in [3.05, 3.63) is 28.7 Å². The van der Waals surface area contributed by atoms with E-state index in [9.17, 15) is 9.90 Å². The molecule has 1 aliphatic carbocycles. The number of aliphatic hydroxyl groups excluding tert-OH is 1. The number of hydrogen-bond donors (Lipinski definition) is 3. The van der Waals surface area contributed by atoms with E-state index in [4.69, 9.17) is 10.5 Å². The van der Waals surface area contributed by atoms with Gasteiger partial charge < -0.3 is 20.9 Å². The first-order chi connectivity index (χ1) is 10.1. The molecule has 1 aliphatic rings. The molecule has 0 heterocycles. The molecule has 3 atom stereocenters. The fourth-order valence-electron chi connectivity index (χ4n) is 2.47. The zero-order chi connectivity index (χ0) is 15.2. The third-order valence-corrected chi connectivity index (χ3v) is 4.34. The summed E-state index contributed by atoms with van der Waals surface area (Å²) in [4.78, 5) is 11.9. The van der Waals surface area contributed by atoms with Gasteiger partial charge in [-0.1, -0.05) is 18.6 Å². The fourth-order valence-corrected chi connectivity index (χ4v) is 2.87. The quantitative estimate of drug-likeness (QED) is 0.719. The van der Waals surface area contributed by atoms with Crippen LogP contribution in [0.1, 0.15) is 19.3 Å². The van der Waals surface area contributed by atoms with Crippen LogP contribution >= 0.6 is 15.9 Å². The number of amides is 1. The monoisotopic (exact) mass is 356 g/mol. The summed E-state index contributed by atoms with van der Waals surface area (Å²) in [5.74, 6) is 0.474. The van der Waals surface area contributed by atoms with E-state index in [1.54, 1.807) is 0 Å². The van der Waals surface area contributed by atoms with Crippen molar-refractivity contribution in [3.63, 3.8) is 0 Å². The summed E-state index contributed by atoms with van der Waals surface area (Å²) < 4.78 is 6.34. The van der Waals surface area contributed by atoms with Gasteiger partial charge in [-0.2, -0.15) is 0 Å². The molecule has 0 aliphatic heterocycles. The van der Waals surface area contributed by atoms with E-state index in [0.29, 0.717) is 5.75 Å². The molecule has 2 rings (SSSR count). The number of benzene rings is 1. The molecule has 1 aromatic carbocycles. The number of rotatable bonds is 6. The number of para-hydroxylation sites is 1. The molecule has 0 spiro atoms. The van der Waals surface area contributed by atoms with Gasteiger partial charge in [0.25, 0.3) is 0 Å². The molecule has 116 valence electrons. The Kier molecular flexibility index (Phi) is 6.02. The molecular weight excluding hydrogens is 336 g/mol. The molecule has 0 aromatic heterocycles. The SMILES string of the molecule is N[C@@H]1CCC[C@@H]1C(=O)NC[C@H](O)COc1ccccc1Br. The zero-order valence-electron chi connectivity index (χ0n) is 11.8. The van der Waals surface area contributed by atoms with Crippen molar-refractivity contribution in [3.8, 4) is 5.75 Å². The number of nitrogens with two attached hydrogens (primary N) is 1. The summed E-state index contributed by atoms with van der Waals surface area (Å²) >= 11 is 3.37. The third kappa shape index (κ3) is 4.69. The molecule has 5 nitrogen and oxygen atoms in total. The Bertz CT molecular complexity index is 484. The average Bonchev–Trinajstić information content (AvgIpc) is 2.90. The second-order valence-corrected chi connectivity index (χ2v) is 6.20. The molecule has 4 N–H and O–H groups in total. The number of carbonyl (C=O) groups excluding carboxylic acids is 1. The fraction of sp³-hybridized carbons (Fsp3) is 0.533. The Labute approximate surface area is 133 Å². The van der Waals surface area contributed by atoms with Crippen LogP contribution in [0.4, 0.5) is 0 Å². The summed E-state index contributed by atoms with van der Waals surface area (Å²) in [7, 11) is 0. The van der Waals surface area contributed by atoms with Gasteiger partial charge in [0, 0.05) is 12.6 Å². The van der Waals surface area contributed by atoms with Crippen LogP contribution in [0.15, 0.2) is 28.7 Å². The van der Waals surface area contributed by atoms with Crippen molar-refractivity contribution >= 4 is 21.8 Å². The lowest BCUT2D eigenvalue weighted by molar-refractivity contribution is -0.125. The normalized spacial score (nSPS) is 22.8. The maximum absolute atomic E-state index is 11.9. The molecule has 6 heteroatoms. The van der Waals surface area contributed by atoms with E-state index in [2.05, 4.69) is 21.2 Å². The van der Waals surface area contributed by atoms with E-state index in [-0.39, 0.29) is 31.0 Å². The van der Waals surface area contributed by atoms with Gasteiger partial charge in [-0.3, -0.25) is 4.79 Å². The second kappa shape index (κ2) is 7.77. The summed E-state index contributed by atoms with van der Waals surface area (Å²) in [5, 5.41) is 12.6. The van der Waals surface area contributed by atoms with Gasteiger partial charge in [0.1, 0.15) is 18.5 Å². The third-order valence-electron chi connectivity index (χ3n) is 3.69. The molecule has 0 saturated heterocycles. The first kappa shape index (κ1) is 16.3. The Balaban J connectivity index is 1.71. The molecule has 1 fully saturated rings. The molecule has 0 unspecified atom stereocenters. The summed E-state index contributed by atoms with van der Waals surface area (Å²) in [6, 6.07) is 7.37. The number of carbonyl (C=O) groups is 1. The zero-order valence-corrected chi connectivity index (χ0v) is 13.4. The van der Waals surface area contributed by atoms with Crippen molar-refractivity contribution in [2.45, 2.75) is 31.4 Å². The summed E-state index contributed by atoms with van der Waals surface area (Å²) in [6.45, 7) is 0.298. The maximum Gasteiger partial charge on any atom is 0.224 e. The molecule has 0 bridgehead atoms. The van der Waals surface area contributed by atoms with Crippen molar-refractivity contribution in [2.24, 2.45) is 11.7 Å². The van der Waals surface area contributed by atoms with Crippen LogP contribution in [0.3, 0.4) is 0 Å². The predicted octanol–water partition coefficient (Wildman–Crippen LogP) is 1.43. The minimum Gasteiger partial charge on any atom is -0.490 e. The van der Waals surface area contributed by atoms with Gasteiger partial charge in [0.15, 0.2) is 0 Å². The van der Waals surface area contributed by atoms with Crippen molar-refractivity contribution in [1.82, 2.24) is 5.32 Å². The molecular formula is C15H21BrN2O3. The lowest BCUT2D eigenvalue weighted by atomic mass is 10.0. The van der Waals surface area contributed by atoms with Crippen LogP contribution in [0.25, 0.3) is 0 Å². The highest BCUT2D eigenvalue weighted by Gasteiger charge is 2.30. The van der Waals surface area contributed by atoms with E-state index < -0.39 is 6.10 Å². The van der Waals surface area contributed by atoms with Gasteiger partial charge in [0.05, 0.1) is 10.4 Å². The average molecular weight is 357 g/mol. The standard InChI is InChI=1S/C15H21BrN2O3/c16-12-5-1-2-7-14(12)21-9-10(19)8-18-15(20)11-4-3-6-13(11)17/h1-2,5,7,10-11,13,19H,3-4,6,8-9,17H2,(H,18,20)/t10-,11-,13+/m0/s1. The number of ether oxygens (including phenoxy) is 1. The lowest BCUT2D eigenvalue weighted by Gasteiger charge is -2.18. The van der Waals surface area contributed by atoms with Crippen LogP contribution in [0.5, 0.6) is 5.75 Å². The first-order valence-electron chi connectivity index (χ1n) is 7.16. The van der Waals surface area contributed by atoms with E-state index in [1.807, 2.05) is 24.3 Å². The van der Waals surface area contributed by atoms with Gasteiger partial charge in [-0.25, -0.2) is 0 Å². The van der Waals surface area contributed by atoms with Crippen LogP contribution < -0.4 is 15.8 Å². The number of nitrogens with one attached hydrogen (secondary N) is 1. The first-order valence-corrected chi connectivity index (χ1v) is 7.96. The van der Waals surface area contributed by atoms with Crippen LogP contribution in [-0.4, -0.2) is 36.3 Å². The summed E-state index contributed by atoms with van der Waals surface area (Å²) in [5.41, 5.74) is 5.88. The van der Waals surface area contributed by atoms with Crippen LogP contribution in [-0.2, 0) is 4.79 Å². The Morgan fingerprint density at radius 3 is 2.90 bits per heavy atom. The number of aliphatic hydroxyl groups is 1. The molecule has 1 saturated carbocycles. The highest BCUT2D eigenvalue weighted by molar-refractivity contribution is 9.10. The second-order valence-electron chi connectivity index (χ2n) is 5.34. The Morgan fingerprint density at radius 1 is 1.48 bits per heavy atom. The molecule has 0 radical (unpaired) electrons. The van der Waals surface area contributed by atoms with Crippen LogP contribution in [0, 0.1) is 5.92 Å². The minimum absolute atomic E-state index is 0.0568. The molecule has 1 aromatic rings. The lowest BCUT2D eigenvalue weighted by Crippen LogP contribution is -2.42. The molecule has 21 heavy (non-hydrogen) atoms. The highest BCUT2D eigenvalue weighted by Crippen LogP contribution is 2.24. The Hall–Kier alpha value is -1.11.